The topological polar surface area (TPSA) is 119 Å². The van der Waals surface area contributed by atoms with Gasteiger partial charge >= 0.3 is 17.9 Å². The quantitative estimate of drug-likeness (QED) is 0.369. The Hall–Kier alpha value is -2.16. The first-order valence-electron chi connectivity index (χ1n) is 11.2. The third-order valence-electron chi connectivity index (χ3n) is 4.85. The van der Waals surface area contributed by atoms with Crippen LogP contribution < -0.4 is 0 Å². The summed E-state index contributed by atoms with van der Waals surface area (Å²) in [7, 11) is 0. The number of likely N-dealkylation sites (tertiary alicyclic amines) is 1. The monoisotopic (exact) mass is 471 g/mol. The van der Waals surface area contributed by atoms with E-state index in [1.54, 1.807) is 76.2 Å². The van der Waals surface area contributed by atoms with Crippen LogP contribution in [0.1, 0.15) is 89.5 Å². The van der Waals surface area contributed by atoms with E-state index < -0.39 is 70.1 Å². The molecule has 0 bridgehead atoms. The van der Waals surface area contributed by atoms with Crippen molar-refractivity contribution >= 4 is 23.8 Å². The van der Waals surface area contributed by atoms with E-state index in [1.165, 1.54) is 6.92 Å². The van der Waals surface area contributed by atoms with Gasteiger partial charge in [-0.1, -0.05) is 13.8 Å². The number of esters is 3. The molecule has 1 aliphatic rings. The number of rotatable bonds is 5. The van der Waals surface area contributed by atoms with Gasteiger partial charge in [0.1, 0.15) is 28.4 Å². The van der Waals surface area contributed by atoms with Gasteiger partial charge in [-0.2, -0.15) is 0 Å². The normalized spacial score (nSPS) is 22.2. The summed E-state index contributed by atoms with van der Waals surface area (Å²) in [6.45, 7) is 19.1. The fraction of sp³-hybridized carbons (Fsp3) is 0.833. The second kappa shape index (κ2) is 8.89. The van der Waals surface area contributed by atoms with Crippen LogP contribution in [0.25, 0.3) is 0 Å². The molecule has 1 heterocycles. The SMILES string of the molecule is CC(C)[C@H](C(=O)OC(C)(C)C)N1C(=O)CC(C)(O)C1(C(=O)OC(C)(C)C)C(=O)OC(C)(C)C. The predicted molar refractivity (Wildman–Crippen MR) is 121 cm³/mol. The van der Waals surface area contributed by atoms with Crippen LogP contribution in [0.2, 0.25) is 0 Å². The van der Waals surface area contributed by atoms with Crippen LogP contribution >= 0.6 is 0 Å². The maximum absolute atomic E-state index is 13.7. The Kier molecular flexibility index (Phi) is 7.78. The summed E-state index contributed by atoms with van der Waals surface area (Å²) in [5.41, 5.74) is -7.84. The highest BCUT2D eigenvalue weighted by molar-refractivity contribution is 6.13. The van der Waals surface area contributed by atoms with Gasteiger partial charge in [0.2, 0.25) is 5.91 Å². The van der Waals surface area contributed by atoms with Crippen molar-refractivity contribution in [2.75, 3.05) is 0 Å². The molecular formula is C24H41NO8. The van der Waals surface area contributed by atoms with Crippen molar-refractivity contribution in [3.63, 3.8) is 0 Å². The van der Waals surface area contributed by atoms with Gasteiger partial charge in [0.05, 0.1) is 6.42 Å². The number of amides is 1. The fourth-order valence-corrected chi connectivity index (χ4v) is 3.78. The first-order valence-corrected chi connectivity index (χ1v) is 11.2. The second-order valence-electron chi connectivity index (χ2n) is 12.2. The Morgan fingerprint density at radius 3 is 1.52 bits per heavy atom. The van der Waals surface area contributed by atoms with Crippen LogP contribution in [0, 0.1) is 5.92 Å². The summed E-state index contributed by atoms with van der Waals surface area (Å²) in [5, 5.41) is 11.4. The first-order chi connectivity index (χ1) is 14.5. The minimum absolute atomic E-state index is 0.568. The molecule has 9 nitrogen and oxygen atoms in total. The third-order valence-corrected chi connectivity index (χ3v) is 4.85. The van der Waals surface area contributed by atoms with E-state index in [0.717, 1.165) is 4.90 Å². The lowest BCUT2D eigenvalue weighted by Gasteiger charge is -2.45. The van der Waals surface area contributed by atoms with Gasteiger partial charge < -0.3 is 24.2 Å². The van der Waals surface area contributed by atoms with E-state index in [9.17, 15) is 24.3 Å². The minimum atomic E-state index is -2.61. The van der Waals surface area contributed by atoms with E-state index in [4.69, 9.17) is 14.2 Å². The van der Waals surface area contributed by atoms with E-state index in [-0.39, 0.29) is 0 Å². The summed E-state index contributed by atoms with van der Waals surface area (Å²) in [6, 6.07) is -1.36. The lowest BCUT2D eigenvalue weighted by Crippen LogP contribution is -2.72. The minimum Gasteiger partial charge on any atom is -0.458 e. The zero-order valence-electron chi connectivity index (χ0n) is 22.1. The molecule has 1 fully saturated rings. The van der Waals surface area contributed by atoms with Crippen molar-refractivity contribution in [2.45, 2.75) is 123 Å². The van der Waals surface area contributed by atoms with Gasteiger partial charge in [-0.25, -0.2) is 14.4 Å². The van der Waals surface area contributed by atoms with Gasteiger partial charge in [0.25, 0.3) is 5.54 Å². The van der Waals surface area contributed by atoms with Crippen LogP contribution in [-0.4, -0.2) is 67.8 Å². The highest BCUT2D eigenvalue weighted by atomic mass is 16.6. The van der Waals surface area contributed by atoms with Crippen LogP contribution in [0.3, 0.4) is 0 Å². The number of hydrogen-bond acceptors (Lipinski definition) is 8. The Labute approximate surface area is 197 Å². The van der Waals surface area contributed by atoms with Crippen molar-refractivity contribution in [1.29, 1.82) is 0 Å². The van der Waals surface area contributed by atoms with Crippen LogP contribution in [-0.2, 0) is 33.4 Å². The molecule has 33 heavy (non-hydrogen) atoms. The smallest absolute Gasteiger partial charge is 0.347 e. The predicted octanol–water partition coefficient (Wildman–Crippen LogP) is 2.76. The average Bonchev–Trinajstić information content (AvgIpc) is 2.68. The average molecular weight is 472 g/mol. The second-order valence-corrected chi connectivity index (χ2v) is 12.2. The number of carbonyl (C=O) groups excluding carboxylic acids is 4. The van der Waals surface area contributed by atoms with Gasteiger partial charge in [0.15, 0.2) is 0 Å². The van der Waals surface area contributed by atoms with Crippen molar-refractivity contribution in [3.05, 3.63) is 0 Å². The molecule has 1 aliphatic heterocycles. The van der Waals surface area contributed by atoms with Gasteiger partial charge in [-0.05, 0) is 75.2 Å². The Bertz CT molecular complexity index is 765. The van der Waals surface area contributed by atoms with E-state index >= 15 is 0 Å². The van der Waals surface area contributed by atoms with E-state index in [0.29, 0.717) is 0 Å². The zero-order chi connectivity index (χ0) is 26.4. The highest BCUT2D eigenvalue weighted by Gasteiger charge is 2.74. The first kappa shape index (κ1) is 28.9. The molecule has 0 aromatic heterocycles. The van der Waals surface area contributed by atoms with Crippen molar-refractivity contribution < 1.29 is 38.5 Å². The largest absolute Gasteiger partial charge is 0.458 e. The fourth-order valence-electron chi connectivity index (χ4n) is 3.78. The van der Waals surface area contributed by atoms with Gasteiger partial charge in [-0.3, -0.25) is 4.79 Å². The van der Waals surface area contributed by atoms with Crippen molar-refractivity contribution in [3.8, 4) is 0 Å². The molecule has 1 amide bonds. The molecule has 1 unspecified atom stereocenters. The number of nitrogens with zero attached hydrogens (tertiary/aromatic N) is 1. The lowest BCUT2D eigenvalue weighted by molar-refractivity contribution is -0.205. The van der Waals surface area contributed by atoms with Crippen molar-refractivity contribution in [1.82, 2.24) is 4.90 Å². The molecular weight excluding hydrogens is 430 g/mol. The molecule has 1 saturated heterocycles. The van der Waals surface area contributed by atoms with Crippen molar-refractivity contribution in [2.24, 2.45) is 5.92 Å². The van der Waals surface area contributed by atoms with Gasteiger partial charge in [-0.15, -0.1) is 0 Å². The standard InChI is InChI=1S/C24H41NO8/c1-14(2)16(17(27)31-20(3,4)5)25-15(26)13-23(12,30)24(25,18(28)32-21(6,7)8)19(29)33-22(9,10)11/h14,16,30H,13H2,1-12H3/t16-,23?/m1/s1. The molecule has 190 valence electrons. The molecule has 0 radical (unpaired) electrons. The molecule has 0 aromatic carbocycles. The van der Waals surface area contributed by atoms with E-state index in [1.807, 2.05) is 0 Å². The Morgan fingerprint density at radius 1 is 0.848 bits per heavy atom. The Balaban J connectivity index is 3.90. The molecule has 0 aliphatic carbocycles. The molecule has 0 aromatic rings. The molecule has 9 heteroatoms. The number of hydrogen-bond donors (Lipinski definition) is 1. The highest BCUT2D eigenvalue weighted by Crippen LogP contribution is 2.45. The molecule has 1 rings (SSSR count). The molecule has 1 N–H and O–H groups in total. The summed E-state index contributed by atoms with van der Waals surface area (Å²) < 4.78 is 16.6. The van der Waals surface area contributed by atoms with Crippen LogP contribution in [0.4, 0.5) is 0 Å². The summed E-state index contributed by atoms with van der Waals surface area (Å²) >= 11 is 0. The Morgan fingerprint density at radius 2 is 1.21 bits per heavy atom. The number of ether oxygens (including phenoxy) is 3. The summed E-state index contributed by atoms with van der Waals surface area (Å²) in [5.74, 6) is -4.48. The van der Waals surface area contributed by atoms with E-state index in [2.05, 4.69) is 0 Å². The third kappa shape index (κ3) is 6.25. The molecule has 2 atom stereocenters. The number of carbonyl (C=O) groups is 4. The van der Waals surface area contributed by atoms with Crippen LogP contribution in [0.5, 0.6) is 0 Å². The maximum Gasteiger partial charge on any atom is 0.347 e. The summed E-state index contributed by atoms with van der Waals surface area (Å²) in [4.78, 5) is 54.8. The van der Waals surface area contributed by atoms with Crippen LogP contribution in [0.15, 0.2) is 0 Å². The molecule has 0 saturated carbocycles. The molecule has 0 spiro atoms. The number of aliphatic hydroxyl groups is 1. The van der Waals surface area contributed by atoms with Gasteiger partial charge in [0, 0.05) is 0 Å². The summed E-state index contributed by atoms with van der Waals surface area (Å²) in [6.07, 6.45) is -0.586. The lowest BCUT2D eigenvalue weighted by atomic mass is 9.79. The maximum atomic E-state index is 13.7. The zero-order valence-corrected chi connectivity index (χ0v) is 22.1.